The predicted molar refractivity (Wildman–Crippen MR) is 140 cm³/mol. The van der Waals surface area contributed by atoms with Gasteiger partial charge in [-0.05, 0) is 43.4 Å². The van der Waals surface area contributed by atoms with E-state index in [-0.39, 0.29) is 31.0 Å². The largest absolute Gasteiger partial charge is 0.496 e. The summed E-state index contributed by atoms with van der Waals surface area (Å²) < 4.78 is 86.8. The minimum absolute atomic E-state index is 0.0622. The lowest BCUT2D eigenvalue weighted by atomic mass is 9.95. The number of aromatic amines is 1. The summed E-state index contributed by atoms with van der Waals surface area (Å²) in [5.41, 5.74) is 0.654. The molecule has 0 saturated carbocycles. The summed E-state index contributed by atoms with van der Waals surface area (Å²) in [5.74, 6) is -3.93. The Labute approximate surface area is 242 Å². The summed E-state index contributed by atoms with van der Waals surface area (Å²) in [6, 6.07) is 3.66. The Bertz CT molecular complexity index is 1310. The third kappa shape index (κ3) is 8.84. The van der Waals surface area contributed by atoms with Gasteiger partial charge in [-0.2, -0.15) is 26.3 Å². The van der Waals surface area contributed by atoms with Gasteiger partial charge in [0, 0.05) is 23.4 Å². The minimum Gasteiger partial charge on any atom is -0.496 e. The molecule has 3 amide bonds. The van der Waals surface area contributed by atoms with Crippen molar-refractivity contribution in [3.8, 4) is 5.75 Å². The molecule has 0 aliphatic carbocycles. The number of methoxy groups -OCH3 is 1. The van der Waals surface area contributed by atoms with E-state index in [0.717, 1.165) is 0 Å². The van der Waals surface area contributed by atoms with Crippen LogP contribution in [0.4, 0.5) is 26.3 Å². The third-order valence-corrected chi connectivity index (χ3v) is 6.79. The average molecular weight is 623 g/mol. The molecule has 43 heavy (non-hydrogen) atoms. The maximum Gasteiger partial charge on any atom is 0.423 e. The van der Waals surface area contributed by atoms with Crippen molar-refractivity contribution in [2.75, 3.05) is 20.3 Å². The number of ketones is 1. The van der Waals surface area contributed by atoms with Crippen molar-refractivity contribution in [1.29, 1.82) is 0 Å². The number of hydrogen-bond acceptors (Lipinski definition) is 6. The number of aromatic nitrogens is 1. The highest BCUT2D eigenvalue weighted by molar-refractivity contribution is 6.02. The third-order valence-electron chi connectivity index (χ3n) is 6.79. The highest BCUT2D eigenvalue weighted by Gasteiger charge is 2.58. The van der Waals surface area contributed by atoms with Crippen LogP contribution in [0.2, 0.25) is 0 Å². The molecule has 4 N–H and O–H groups in total. The van der Waals surface area contributed by atoms with Crippen molar-refractivity contribution in [3.63, 3.8) is 0 Å². The average Bonchev–Trinajstić information content (AvgIpc) is 3.51. The summed E-state index contributed by atoms with van der Waals surface area (Å²) in [6.07, 6.45) is -16.0. The number of rotatable bonds is 13. The van der Waals surface area contributed by atoms with Crippen LogP contribution in [-0.2, 0) is 19.1 Å². The number of Topliss-reactive ketones (excluding diaryl/α,β-unsaturated/α-hetero) is 1. The van der Waals surface area contributed by atoms with E-state index in [1.54, 1.807) is 32.0 Å². The Hall–Kier alpha value is -3.82. The molecule has 238 valence electrons. The number of carbonyl (C=O) groups is 4. The lowest BCUT2D eigenvalue weighted by Gasteiger charge is -2.26. The van der Waals surface area contributed by atoms with Gasteiger partial charge in [0.25, 0.3) is 5.91 Å². The van der Waals surface area contributed by atoms with E-state index in [9.17, 15) is 45.5 Å². The second kappa shape index (κ2) is 13.7. The van der Waals surface area contributed by atoms with Crippen molar-refractivity contribution >= 4 is 34.4 Å². The van der Waals surface area contributed by atoms with Crippen LogP contribution in [0.15, 0.2) is 24.3 Å². The zero-order chi connectivity index (χ0) is 32.1. The lowest BCUT2D eigenvalue weighted by Crippen LogP contribution is -2.54. The minimum atomic E-state index is -5.85. The molecule has 2 aromatic rings. The van der Waals surface area contributed by atoms with E-state index in [1.807, 2.05) is 0 Å². The molecule has 1 aromatic heterocycles. The van der Waals surface area contributed by atoms with Crippen molar-refractivity contribution in [2.45, 2.75) is 63.7 Å². The van der Waals surface area contributed by atoms with Gasteiger partial charge in [-0.3, -0.25) is 19.2 Å². The SMILES string of the molecule is COc1cccc2[nH]c(C(=O)NC(CC(C)C)C(=O)NC(CC3CCNC3=O)C(=O)COC(C(F)(F)F)C(F)(F)F)cc12. The normalized spacial score (nSPS) is 17.2. The molecule has 0 spiro atoms. The van der Waals surface area contributed by atoms with E-state index in [2.05, 4.69) is 25.7 Å². The van der Waals surface area contributed by atoms with Crippen LogP contribution in [0, 0.1) is 11.8 Å². The zero-order valence-corrected chi connectivity index (χ0v) is 23.4. The van der Waals surface area contributed by atoms with E-state index >= 15 is 0 Å². The Morgan fingerprint density at radius 1 is 1.05 bits per heavy atom. The van der Waals surface area contributed by atoms with Crippen LogP contribution in [-0.4, -0.2) is 79.3 Å². The second-order valence-electron chi connectivity index (χ2n) is 10.6. The highest BCUT2D eigenvalue weighted by atomic mass is 19.4. The quantitative estimate of drug-likeness (QED) is 0.253. The maximum atomic E-state index is 13.3. The molecular formula is C27H32F6N4O6. The number of H-pyrrole nitrogens is 1. The Balaban J connectivity index is 1.80. The number of nitrogens with one attached hydrogen (secondary N) is 4. The smallest absolute Gasteiger partial charge is 0.423 e. The van der Waals surface area contributed by atoms with Gasteiger partial charge in [-0.1, -0.05) is 19.9 Å². The first kappa shape index (κ1) is 33.7. The molecule has 1 aromatic carbocycles. The summed E-state index contributed by atoms with van der Waals surface area (Å²) in [7, 11) is 1.45. The van der Waals surface area contributed by atoms with Gasteiger partial charge >= 0.3 is 12.4 Å². The highest BCUT2D eigenvalue weighted by Crippen LogP contribution is 2.35. The van der Waals surface area contributed by atoms with Gasteiger partial charge in [0.15, 0.2) is 5.78 Å². The molecule has 3 atom stereocenters. The van der Waals surface area contributed by atoms with Gasteiger partial charge in [-0.25, -0.2) is 0 Å². The summed E-state index contributed by atoms with van der Waals surface area (Å²) in [5, 5.41) is 7.98. The Morgan fingerprint density at radius 2 is 1.72 bits per heavy atom. The molecule has 1 aliphatic heterocycles. The van der Waals surface area contributed by atoms with Crippen molar-refractivity contribution in [2.24, 2.45) is 11.8 Å². The molecular weight excluding hydrogens is 590 g/mol. The Kier molecular flexibility index (Phi) is 10.7. The van der Waals surface area contributed by atoms with E-state index in [0.29, 0.717) is 16.7 Å². The number of halogens is 6. The Morgan fingerprint density at radius 3 is 2.28 bits per heavy atom. The zero-order valence-electron chi connectivity index (χ0n) is 23.4. The van der Waals surface area contributed by atoms with E-state index in [4.69, 9.17) is 4.74 Å². The number of amides is 3. The monoisotopic (exact) mass is 622 g/mol. The maximum absolute atomic E-state index is 13.3. The van der Waals surface area contributed by atoms with Crippen LogP contribution in [0.1, 0.15) is 43.6 Å². The molecule has 16 heteroatoms. The number of alkyl halides is 6. The molecule has 3 rings (SSSR count). The van der Waals surface area contributed by atoms with Gasteiger partial charge in [0.05, 0.1) is 13.2 Å². The lowest BCUT2D eigenvalue weighted by molar-refractivity contribution is -0.319. The van der Waals surface area contributed by atoms with Crippen LogP contribution < -0.4 is 20.7 Å². The summed E-state index contributed by atoms with van der Waals surface area (Å²) in [4.78, 5) is 54.3. The van der Waals surface area contributed by atoms with Gasteiger partial charge in [0.1, 0.15) is 24.1 Å². The summed E-state index contributed by atoms with van der Waals surface area (Å²) in [6.45, 7) is 2.09. The predicted octanol–water partition coefficient (Wildman–Crippen LogP) is 3.41. The fraction of sp³-hybridized carbons (Fsp3) is 0.556. The molecule has 10 nitrogen and oxygen atoms in total. The molecule has 1 aliphatic rings. The molecule has 0 bridgehead atoms. The number of fused-ring (bicyclic) bond motifs is 1. The summed E-state index contributed by atoms with van der Waals surface area (Å²) >= 11 is 0. The van der Waals surface area contributed by atoms with Crippen molar-refractivity contribution < 1.29 is 55.0 Å². The van der Waals surface area contributed by atoms with Crippen molar-refractivity contribution in [1.82, 2.24) is 20.9 Å². The van der Waals surface area contributed by atoms with Gasteiger partial charge in [0.2, 0.25) is 17.9 Å². The van der Waals surface area contributed by atoms with Crippen LogP contribution in [0.3, 0.4) is 0 Å². The molecule has 0 radical (unpaired) electrons. The fourth-order valence-electron chi connectivity index (χ4n) is 4.70. The second-order valence-corrected chi connectivity index (χ2v) is 10.6. The van der Waals surface area contributed by atoms with Gasteiger partial charge in [-0.15, -0.1) is 0 Å². The number of carbonyl (C=O) groups excluding carboxylic acids is 4. The first-order valence-corrected chi connectivity index (χ1v) is 13.3. The molecule has 2 heterocycles. The standard InChI is InChI=1S/C27H32F6N4O6/c1-13(2)9-18(37-24(41)19-11-15-16(35-19)5-4-6-21(15)42-3)23(40)36-17(10-14-7-8-34-22(14)39)20(38)12-43-25(26(28,29)30)27(31,32)33/h4-6,11,13-14,17-18,25,35H,7-10,12H2,1-3H3,(H,34,39)(H,36,40)(H,37,41). The topological polar surface area (TPSA) is 139 Å². The number of benzene rings is 1. The van der Waals surface area contributed by atoms with Crippen LogP contribution in [0.25, 0.3) is 10.9 Å². The molecule has 3 unspecified atom stereocenters. The molecule has 1 fully saturated rings. The number of hydrogen-bond donors (Lipinski definition) is 4. The first-order chi connectivity index (χ1) is 20.0. The van der Waals surface area contributed by atoms with E-state index < -0.39 is 73.0 Å². The molecule has 1 saturated heterocycles. The first-order valence-electron chi connectivity index (χ1n) is 13.3. The van der Waals surface area contributed by atoms with Gasteiger partial charge < -0.3 is 30.4 Å². The fourth-order valence-corrected chi connectivity index (χ4v) is 4.70. The van der Waals surface area contributed by atoms with E-state index in [1.165, 1.54) is 13.2 Å². The van der Waals surface area contributed by atoms with Crippen molar-refractivity contribution in [3.05, 3.63) is 30.0 Å². The van der Waals surface area contributed by atoms with Crippen LogP contribution in [0.5, 0.6) is 5.75 Å². The van der Waals surface area contributed by atoms with Crippen LogP contribution >= 0.6 is 0 Å². The number of ether oxygens (including phenoxy) is 2.